The average molecular weight is 620 g/mol. The zero-order valence-electron chi connectivity index (χ0n) is 24.8. The van der Waals surface area contributed by atoms with Crippen molar-refractivity contribution in [1.82, 2.24) is 4.57 Å². The van der Waals surface area contributed by atoms with Crippen LogP contribution in [-0.4, -0.2) is 43.7 Å². The third-order valence-corrected chi connectivity index (χ3v) is 8.19. The first kappa shape index (κ1) is 30.3. The van der Waals surface area contributed by atoms with Crippen LogP contribution in [0.25, 0.3) is 17.4 Å². The van der Waals surface area contributed by atoms with Gasteiger partial charge in [-0.15, -0.1) is 0 Å². The quantitative estimate of drug-likeness (QED) is 0.186. The van der Waals surface area contributed by atoms with Gasteiger partial charge in [0.1, 0.15) is 17.3 Å². The number of aromatic nitrogens is 1. The predicted molar refractivity (Wildman–Crippen MR) is 163 cm³/mol. The van der Waals surface area contributed by atoms with Crippen LogP contribution in [0, 0.1) is 10.1 Å². The maximum Gasteiger partial charge on any atom is 0.273 e. The predicted octanol–water partition coefficient (Wildman–Crippen LogP) is 4.42. The minimum atomic E-state index is -0.800. The molecule has 228 valence electrons. The molecular weight excluding hydrogens is 590 g/mol. The van der Waals surface area contributed by atoms with Crippen molar-refractivity contribution in [3.63, 3.8) is 0 Å². The highest BCUT2D eigenvalue weighted by atomic mass is 32.1. The molecule has 0 bridgehead atoms. The number of carbonyl (C=O) groups is 1. The van der Waals surface area contributed by atoms with E-state index in [1.807, 2.05) is 0 Å². The SMILES string of the molecule is CCC(=O)C1=C(C)N=c2s/c(=C\c3ccc(-c4ccc([N+](=O)[O-])cc4OC)o3)c(=O)n2C1c1cc(OC)c(OC)c(OC)c1. The van der Waals surface area contributed by atoms with Crippen molar-refractivity contribution >= 4 is 28.9 Å². The Morgan fingerprint density at radius 3 is 2.32 bits per heavy atom. The lowest BCUT2D eigenvalue weighted by molar-refractivity contribution is -0.384. The molecule has 5 rings (SSSR count). The number of nitro groups is 1. The van der Waals surface area contributed by atoms with Gasteiger partial charge in [0.05, 0.1) is 55.6 Å². The zero-order valence-corrected chi connectivity index (χ0v) is 25.6. The largest absolute Gasteiger partial charge is 0.496 e. The van der Waals surface area contributed by atoms with Crippen molar-refractivity contribution in [3.05, 3.63) is 94.9 Å². The average Bonchev–Trinajstić information content (AvgIpc) is 3.62. The number of furan rings is 1. The molecule has 4 aromatic rings. The second-order valence-electron chi connectivity index (χ2n) is 9.66. The Labute approximate surface area is 255 Å². The zero-order chi connectivity index (χ0) is 31.7. The van der Waals surface area contributed by atoms with E-state index in [1.165, 1.54) is 45.1 Å². The summed E-state index contributed by atoms with van der Waals surface area (Å²) in [6.45, 7) is 3.51. The van der Waals surface area contributed by atoms with E-state index < -0.39 is 11.0 Å². The highest BCUT2D eigenvalue weighted by Gasteiger charge is 2.33. The number of ether oxygens (including phenoxy) is 4. The molecule has 0 radical (unpaired) electrons. The van der Waals surface area contributed by atoms with Crippen LogP contribution in [0.15, 0.2) is 67.9 Å². The maximum atomic E-state index is 14.0. The highest BCUT2D eigenvalue weighted by Crippen LogP contribution is 2.42. The fraction of sp³-hybridized carbons (Fsp3) is 0.258. The van der Waals surface area contributed by atoms with Crippen LogP contribution in [0.1, 0.15) is 37.6 Å². The van der Waals surface area contributed by atoms with E-state index in [9.17, 15) is 19.7 Å². The fourth-order valence-electron chi connectivity index (χ4n) is 5.14. The van der Waals surface area contributed by atoms with Gasteiger partial charge in [-0.05, 0) is 42.8 Å². The molecule has 3 heterocycles. The molecule has 0 saturated carbocycles. The number of fused-ring (bicyclic) bond motifs is 1. The molecule has 12 nitrogen and oxygen atoms in total. The number of nitrogens with zero attached hydrogens (tertiary/aromatic N) is 3. The summed E-state index contributed by atoms with van der Waals surface area (Å²) >= 11 is 1.16. The van der Waals surface area contributed by atoms with E-state index in [4.69, 9.17) is 23.4 Å². The number of thiazole rings is 1. The normalized spacial score (nSPS) is 14.6. The van der Waals surface area contributed by atoms with Crippen molar-refractivity contribution in [2.24, 2.45) is 4.99 Å². The molecule has 1 aliphatic heterocycles. The Kier molecular flexibility index (Phi) is 8.41. The summed E-state index contributed by atoms with van der Waals surface area (Å²) in [6, 6.07) is 10.2. The molecule has 0 amide bonds. The third kappa shape index (κ3) is 5.26. The second-order valence-corrected chi connectivity index (χ2v) is 10.7. The van der Waals surface area contributed by atoms with Gasteiger partial charge in [-0.2, -0.15) is 0 Å². The number of ketones is 1. The van der Waals surface area contributed by atoms with E-state index in [0.29, 0.717) is 60.5 Å². The lowest BCUT2D eigenvalue weighted by Crippen LogP contribution is -2.39. The molecule has 0 spiro atoms. The molecule has 1 unspecified atom stereocenters. The summed E-state index contributed by atoms with van der Waals surface area (Å²) in [7, 11) is 5.90. The van der Waals surface area contributed by atoms with E-state index in [-0.39, 0.29) is 29.2 Å². The van der Waals surface area contributed by atoms with Crippen LogP contribution in [0.2, 0.25) is 0 Å². The van der Waals surface area contributed by atoms with Gasteiger partial charge in [0, 0.05) is 29.8 Å². The lowest BCUT2D eigenvalue weighted by atomic mass is 9.91. The first-order valence-corrected chi connectivity index (χ1v) is 14.3. The molecule has 1 aliphatic rings. The number of hydrogen-bond acceptors (Lipinski definition) is 11. The number of allylic oxidation sites excluding steroid dienone is 2. The number of rotatable bonds is 10. The van der Waals surface area contributed by atoms with Crippen molar-refractivity contribution < 1.29 is 33.1 Å². The Hall–Kier alpha value is -5.17. The van der Waals surface area contributed by atoms with E-state index in [1.54, 1.807) is 50.3 Å². The highest BCUT2D eigenvalue weighted by molar-refractivity contribution is 7.07. The summed E-state index contributed by atoms with van der Waals surface area (Å²) in [4.78, 5) is 43.0. The summed E-state index contributed by atoms with van der Waals surface area (Å²) in [5.74, 6) is 2.04. The molecular formula is C31H29N3O9S. The van der Waals surface area contributed by atoms with Crippen LogP contribution in [0.5, 0.6) is 23.0 Å². The number of carbonyl (C=O) groups excluding carboxylic acids is 1. The summed E-state index contributed by atoms with van der Waals surface area (Å²) < 4.78 is 29.8. The first-order valence-electron chi connectivity index (χ1n) is 13.4. The Balaban J connectivity index is 1.66. The van der Waals surface area contributed by atoms with Gasteiger partial charge in [-0.1, -0.05) is 18.3 Å². The summed E-state index contributed by atoms with van der Waals surface area (Å²) in [5, 5.41) is 11.2. The molecule has 2 aromatic heterocycles. The number of Topliss-reactive ketones (excluding diaryl/α,β-unsaturated/α-hetero) is 1. The molecule has 0 fully saturated rings. The first-order chi connectivity index (χ1) is 21.1. The number of nitro benzene ring substituents is 1. The molecule has 0 aliphatic carbocycles. The smallest absolute Gasteiger partial charge is 0.273 e. The maximum absolute atomic E-state index is 14.0. The van der Waals surface area contributed by atoms with Gasteiger partial charge >= 0.3 is 0 Å². The summed E-state index contributed by atoms with van der Waals surface area (Å²) in [5.41, 5.74) is 1.52. The minimum Gasteiger partial charge on any atom is -0.496 e. The van der Waals surface area contributed by atoms with Gasteiger partial charge in [0.25, 0.3) is 11.2 Å². The van der Waals surface area contributed by atoms with Gasteiger partial charge in [-0.25, -0.2) is 4.99 Å². The van der Waals surface area contributed by atoms with Crippen LogP contribution >= 0.6 is 11.3 Å². The minimum absolute atomic E-state index is 0.114. The summed E-state index contributed by atoms with van der Waals surface area (Å²) in [6.07, 6.45) is 1.82. The van der Waals surface area contributed by atoms with Gasteiger partial charge in [0.2, 0.25) is 5.75 Å². The standard InChI is InChI=1S/C31H29N3O9S/c1-7-21(35)27-16(2)32-31-33(28(27)17-12-24(40-4)29(42-6)25(13-17)41-5)30(36)26(44-31)15-19-9-11-22(43-19)20-10-8-18(34(37)38)14-23(20)39-3/h8-15,28H,7H2,1-6H3/b26-15-. The van der Waals surface area contributed by atoms with Crippen LogP contribution < -0.4 is 33.8 Å². The van der Waals surface area contributed by atoms with Crippen molar-refractivity contribution in [2.45, 2.75) is 26.3 Å². The monoisotopic (exact) mass is 619 g/mol. The lowest BCUT2D eigenvalue weighted by Gasteiger charge is -2.26. The van der Waals surface area contributed by atoms with Crippen LogP contribution in [0.3, 0.4) is 0 Å². The van der Waals surface area contributed by atoms with Gasteiger partial charge in [-0.3, -0.25) is 24.3 Å². The molecule has 0 N–H and O–H groups in total. The second kappa shape index (κ2) is 12.2. The van der Waals surface area contributed by atoms with Gasteiger partial charge in [0.15, 0.2) is 22.1 Å². The number of hydrogen-bond donors (Lipinski definition) is 0. The van der Waals surface area contributed by atoms with E-state index in [0.717, 1.165) is 11.3 Å². The number of non-ortho nitro benzene ring substituents is 1. The van der Waals surface area contributed by atoms with E-state index >= 15 is 0 Å². The van der Waals surface area contributed by atoms with Crippen molar-refractivity contribution in [2.75, 3.05) is 28.4 Å². The van der Waals surface area contributed by atoms with Gasteiger partial charge < -0.3 is 23.4 Å². The Morgan fingerprint density at radius 1 is 1.05 bits per heavy atom. The number of benzene rings is 2. The molecule has 2 aromatic carbocycles. The Bertz CT molecular complexity index is 1980. The molecule has 0 saturated heterocycles. The van der Waals surface area contributed by atoms with Crippen LogP contribution in [0.4, 0.5) is 5.69 Å². The Morgan fingerprint density at radius 2 is 1.73 bits per heavy atom. The molecule has 44 heavy (non-hydrogen) atoms. The topological polar surface area (TPSA) is 145 Å². The van der Waals surface area contributed by atoms with E-state index in [2.05, 4.69) is 4.99 Å². The molecule has 13 heteroatoms. The van der Waals surface area contributed by atoms with Crippen molar-refractivity contribution in [1.29, 1.82) is 0 Å². The van der Waals surface area contributed by atoms with Crippen molar-refractivity contribution in [3.8, 4) is 34.3 Å². The molecule has 1 atom stereocenters. The third-order valence-electron chi connectivity index (χ3n) is 7.21. The fourth-order valence-corrected chi connectivity index (χ4v) is 6.17. The van der Waals surface area contributed by atoms with Crippen LogP contribution in [-0.2, 0) is 4.79 Å². The number of methoxy groups -OCH3 is 4.